The van der Waals surface area contributed by atoms with Crippen LogP contribution in [0.25, 0.3) is 27.8 Å². The van der Waals surface area contributed by atoms with Crippen LogP contribution in [0.4, 0.5) is 0 Å². The van der Waals surface area contributed by atoms with E-state index in [-0.39, 0.29) is 17.4 Å². The van der Waals surface area contributed by atoms with Gasteiger partial charge < -0.3 is 5.11 Å². The molecule has 0 saturated carbocycles. The molecule has 0 spiro atoms. The molecule has 2 N–H and O–H groups in total. The molecule has 8 heteroatoms. The number of nitrogens with zero attached hydrogens (tertiary/aromatic N) is 4. The number of carbonyl (C=O) groups excluding carboxylic acids is 1. The predicted molar refractivity (Wildman–Crippen MR) is 139 cm³/mol. The number of rotatable bonds is 7. The fraction of sp³-hybridized carbons (Fsp3) is 0.0370. The van der Waals surface area contributed by atoms with E-state index in [1.165, 1.54) is 18.0 Å². The third kappa shape index (κ3) is 4.92. The van der Waals surface area contributed by atoms with Crippen LogP contribution in [0.3, 0.4) is 0 Å². The van der Waals surface area contributed by atoms with E-state index < -0.39 is 0 Å². The maximum atomic E-state index is 12.5. The highest BCUT2D eigenvalue weighted by Crippen LogP contribution is 2.28. The van der Waals surface area contributed by atoms with Crippen molar-refractivity contribution in [3.63, 3.8) is 0 Å². The Kier molecular flexibility index (Phi) is 6.54. The zero-order valence-electron chi connectivity index (χ0n) is 18.6. The third-order valence-corrected chi connectivity index (χ3v) is 6.27. The Balaban J connectivity index is 1.32. The van der Waals surface area contributed by atoms with Gasteiger partial charge in [-0.15, -0.1) is 10.2 Å². The number of hydrogen-bond donors (Lipinski definition) is 2. The molecule has 0 fully saturated rings. The van der Waals surface area contributed by atoms with E-state index in [9.17, 15) is 9.90 Å². The first-order valence-electron chi connectivity index (χ1n) is 10.9. The van der Waals surface area contributed by atoms with Gasteiger partial charge in [-0.1, -0.05) is 90.6 Å². The number of nitrogens with one attached hydrogen (secondary N) is 1. The first-order chi connectivity index (χ1) is 17.2. The van der Waals surface area contributed by atoms with Crippen molar-refractivity contribution in [3.05, 3.63) is 103 Å². The molecular weight excluding hydrogens is 458 g/mol. The van der Waals surface area contributed by atoms with Crippen molar-refractivity contribution >= 4 is 34.7 Å². The van der Waals surface area contributed by atoms with Gasteiger partial charge in [0.2, 0.25) is 0 Å². The van der Waals surface area contributed by atoms with Gasteiger partial charge in [-0.25, -0.2) is 5.43 Å². The topological polar surface area (TPSA) is 92.4 Å². The van der Waals surface area contributed by atoms with E-state index in [0.717, 1.165) is 22.0 Å². The molecule has 0 saturated heterocycles. The van der Waals surface area contributed by atoms with Gasteiger partial charge in [0.15, 0.2) is 11.0 Å². The second-order valence-electron chi connectivity index (χ2n) is 7.64. The number of phenols is 1. The molecular formula is C27H21N5O2S. The van der Waals surface area contributed by atoms with Crippen molar-refractivity contribution in [1.82, 2.24) is 20.2 Å². The summed E-state index contributed by atoms with van der Waals surface area (Å²) in [5, 5.41) is 25.4. The lowest BCUT2D eigenvalue weighted by atomic mass is 10.0. The number of hydrazone groups is 1. The Labute approximate surface area is 206 Å². The summed E-state index contributed by atoms with van der Waals surface area (Å²) in [7, 11) is 0. The van der Waals surface area contributed by atoms with Gasteiger partial charge in [-0.3, -0.25) is 9.36 Å². The highest BCUT2D eigenvalue weighted by Gasteiger charge is 2.17. The first kappa shape index (κ1) is 22.4. The Morgan fingerprint density at radius 1 is 0.914 bits per heavy atom. The summed E-state index contributed by atoms with van der Waals surface area (Å²) in [5.41, 5.74) is 4.92. The van der Waals surface area contributed by atoms with Gasteiger partial charge in [0, 0.05) is 16.8 Å². The van der Waals surface area contributed by atoms with Gasteiger partial charge in [0.1, 0.15) is 5.75 Å². The first-order valence-corrected chi connectivity index (χ1v) is 11.9. The number of para-hydroxylation sites is 1. The normalized spacial score (nSPS) is 11.2. The predicted octanol–water partition coefficient (Wildman–Crippen LogP) is 5.04. The maximum absolute atomic E-state index is 12.5. The molecule has 4 aromatic carbocycles. The zero-order valence-corrected chi connectivity index (χ0v) is 19.4. The lowest BCUT2D eigenvalue weighted by Crippen LogP contribution is -2.20. The summed E-state index contributed by atoms with van der Waals surface area (Å²) in [6.07, 6.45) is 1.46. The molecule has 0 aliphatic heterocycles. The number of phenolic OH excluding ortho intramolecular Hbond substituents is 1. The van der Waals surface area contributed by atoms with Crippen LogP contribution in [-0.2, 0) is 4.79 Å². The molecule has 1 amide bonds. The number of carbonyl (C=O) groups is 1. The summed E-state index contributed by atoms with van der Waals surface area (Å²) in [5.74, 6) is 0.595. The van der Waals surface area contributed by atoms with E-state index in [2.05, 4.69) is 20.7 Å². The molecule has 7 nitrogen and oxygen atoms in total. The highest BCUT2D eigenvalue weighted by atomic mass is 32.2. The molecule has 1 heterocycles. The van der Waals surface area contributed by atoms with Crippen LogP contribution in [-0.4, -0.2) is 37.7 Å². The Morgan fingerprint density at radius 3 is 2.43 bits per heavy atom. The van der Waals surface area contributed by atoms with Crippen molar-refractivity contribution in [2.75, 3.05) is 5.75 Å². The van der Waals surface area contributed by atoms with E-state index in [0.29, 0.717) is 16.5 Å². The number of amides is 1. The fourth-order valence-electron chi connectivity index (χ4n) is 3.70. The van der Waals surface area contributed by atoms with E-state index in [4.69, 9.17) is 0 Å². The van der Waals surface area contributed by atoms with Gasteiger partial charge in [0.05, 0.1) is 12.0 Å². The molecule has 1 aromatic heterocycles. The molecule has 0 atom stereocenters. The van der Waals surface area contributed by atoms with Crippen LogP contribution in [0.2, 0.25) is 0 Å². The lowest BCUT2D eigenvalue weighted by molar-refractivity contribution is -0.118. The molecule has 0 bridgehead atoms. The molecule has 0 unspecified atom stereocenters. The Morgan fingerprint density at radius 2 is 1.63 bits per heavy atom. The molecule has 0 aliphatic rings. The fourth-order valence-corrected chi connectivity index (χ4v) is 4.44. The van der Waals surface area contributed by atoms with Gasteiger partial charge in [0.25, 0.3) is 5.91 Å². The monoisotopic (exact) mass is 479 g/mol. The van der Waals surface area contributed by atoms with Gasteiger partial charge in [-0.05, 0) is 29.0 Å². The summed E-state index contributed by atoms with van der Waals surface area (Å²) >= 11 is 1.27. The third-order valence-electron chi connectivity index (χ3n) is 5.34. The highest BCUT2D eigenvalue weighted by molar-refractivity contribution is 7.99. The quantitative estimate of drug-likeness (QED) is 0.194. The van der Waals surface area contributed by atoms with Gasteiger partial charge >= 0.3 is 0 Å². The Bertz CT molecular complexity index is 1500. The molecule has 0 aliphatic carbocycles. The molecule has 35 heavy (non-hydrogen) atoms. The van der Waals surface area contributed by atoms with Crippen LogP contribution < -0.4 is 5.43 Å². The van der Waals surface area contributed by atoms with Crippen LogP contribution in [0, 0.1) is 0 Å². The number of thioether (sulfide) groups is 1. The molecule has 0 radical (unpaired) electrons. The van der Waals surface area contributed by atoms with Crippen molar-refractivity contribution < 1.29 is 9.90 Å². The molecule has 5 aromatic rings. The van der Waals surface area contributed by atoms with Crippen LogP contribution >= 0.6 is 11.8 Å². The lowest BCUT2D eigenvalue weighted by Gasteiger charge is -2.10. The maximum Gasteiger partial charge on any atom is 0.250 e. The molecule has 172 valence electrons. The Hall–Kier alpha value is -4.43. The standard InChI is InChI=1S/C27H21N5O2S/c33-24-16-15-19-9-7-8-14-22(19)23(24)17-28-29-25(34)18-35-27-31-30-26(20-10-3-1-4-11-20)32(27)21-12-5-2-6-13-21/h1-17,33H,18H2,(H,29,34)/b28-17-. The number of fused-ring (bicyclic) bond motifs is 1. The van der Waals surface area contributed by atoms with Crippen molar-refractivity contribution in [2.24, 2.45) is 5.10 Å². The van der Waals surface area contributed by atoms with E-state index >= 15 is 0 Å². The van der Waals surface area contributed by atoms with Crippen LogP contribution in [0.15, 0.2) is 107 Å². The SMILES string of the molecule is O=C(CSc1nnc(-c2ccccc2)n1-c1ccccc1)N/N=C\c1c(O)ccc2ccccc12. The summed E-state index contributed by atoms with van der Waals surface area (Å²) in [6, 6.07) is 30.7. The van der Waals surface area contributed by atoms with E-state index in [1.54, 1.807) is 6.07 Å². The van der Waals surface area contributed by atoms with E-state index in [1.807, 2.05) is 95.6 Å². The summed E-state index contributed by atoms with van der Waals surface area (Å²) in [6.45, 7) is 0. The van der Waals surface area contributed by atoms with Crippen LogP contribution in [0.5, 0.6) is 5.75 Å². The summed E-state index contributed by atoms with van der Waals surface area (Å²) < 4.78 is 1.94. The zero-order chi connectivity index (χ0) is 24.0. The summed E-state index contributed by atoms with van der Waals surface area (Å²) in [4.78, 5) is 12.5. The average molecular weight is 480 g/mol. The van der Waals surface area contributed by atoms with Crippen LogP contribution in [0.1, 0.15) is 5.56 Å². The number of aromatic nitrogens is 3. The largest absolute Gasteiger partial charge is 0.507 e. The smallest absolute Gasteiger partial charge is 0.250 e. The molecule has 5 rings (SSSR count). The second kappa shape index (κ2) is 10.2. The number of hydrogen-bond acceptors (Lipinski definition) is 6. The minimum absolute atomic E-state index is 0.0958. The average Bonchev–Trinajstić information content (AvgIpc) is 3.34. The second-order valence-corrected chi connectivity index (χ2v) is 8.59. The van der Waals surface area contributed by atoms with Crippen molar-refractivity contribution in [1.29, 1.82) is 0 Å². The van der Waals surface area contributed by atoms with Gasteiger partial charge in [-0.2, -0.15) is 5.10 Å². The number of aromatic hydroxyl groups is 1. The minimum Gasteiger partial charge on any atom is -0.507 e. The minimum atomic E-state index is -0.296. The number of benzene rings is 4. The van der Waals surface area contributed by atoms with Crippen molar-refractivity contribution in [2.45, 2.75) is 5.16 Å². The van der Waals surface area contributed by atoms with Crippen molar-refractivity contribution in [3.8, 4) is 22.8 Å².